The molecule has 0 atom stereocenters. The SMILES string of the molecule is O=S(=O)(COc1nc2ccccc2s1)C(Br)(Br)Br. The Balaban J connectivity index is 2.16. The van der Waals surface area contributed by atoms with Gasteiger partial charge in [0.1, 0.15) is 0 Å². The van der Waals surface area contributed by atoms with Crippen LogP contribution in [0.5, 0.6) is 5.19 Å². The number of alkyl halides is 3. The highest BCUT2D eigenvalue weighted by atomic mass is 80.0. The monoisotopic (exact) mass is 477 g/mol. The summed E-state index contributed by atoms with van der Waals surface area (Å²) in [5.41, 5.74) is 0.790. The number of nitrogens with zero attached hydrogens (tertiary/aromatic N) is 1. The minimum absolute atomic E-state index is 0.330. The first-order valence-electron chi connectivity index (χ1n) is 4.57. The number of hydrogen-bond donors (Lipinski definition) is 0. The Morgan fingerprint density at radius 2 is 1.94 bits per heavy atom. The number of fused-ring (bicyclic) bond motifs is 1. The van der Waals surface area contributed by atoms with Gasteiger partial charge < -0.3 is 4.74 Å². The molecule has 0 amide bonds. The Bertz CT molecular complexity index is 630. The lowest BCUT2D eigenvalue weighted by Crippen LogP contribution is -2.24. The van der Waals surface area contributed by atoms with Crippen molar-refractivity contribution in [1.29, 1.82) is 0 Å². The molecule has 0 N–H and O–H groups in total. The van der Waals surface area contributed by atoms with Gasteiger partial charge in [-0.15, -0.1) is 0 Å². The third kappa shape index (κ3) is 3.24. The topological polar surface area (TPSA) is 56.3 Å². The number of thiazole rings is 1. The Morgan fingerprint density at radius 1 is 1.28 bits per heavy atom. The molecule has 0 saturated carbocycles. The van der Waals surface area contributed by atoms with E-state index in [4.69, 9.17) is 4.74 Å². The summed E-state index contributed by atoms with van der Waals surface area (Å²) in [6.45, 7) is 0. The zero-order valence-electron chi connectivity index (χ0n) is 8.64. The number of aromatic nitrogens is 1. The summed E-state index contributed by atoms with van der Waals surface area (Å²) < 4.78 is 28.3. The van der Waals surface area contributed by atoms with Crippen LogP contribution < -0.4 is 4.74 Å². The number of ether oxygens (including phenoxy) is 1. The van der Waals surface area contributed by atoms with Gasteiger partial charge in [0.2, 0.25) is 11.3 Å². The molecule has 0 radical (unpaired) electrons. The van der Waals surface area contributed by atoms with Crippen molar-refractivity contribution in [3.05, 3.63) is 24.3 Å². The van der Waals surface area contributed by atoms with E-state index in [9.17, 15) is 8.42 Å². The van der Waals surface area contributed by atoms with E-state index in [0.29, 0.717) is 5.19 Å². The molecule has 2 aromatic rings. The van der Waals surface area contributed by atoms with E-state index in [1.165, 1.54) is 11.3 Å². The maximum absolute atomic E-state index is 11.8. The number of benzene rings is 1. The molecule has 98 valence electrons. The average molecular weight is 480 g/mol. The van der Waals surface area contributed by atoms with Crippen LogP contribution in [-0.4, -0.2) is 20.8 Å². The first-order valence-corrected chi connectivity index (χ1v) is 9.42. The van der Waals surface area contributed by atoms with Crippen molar-refractivity contribution in [2.75, 3.05) is 5.94 Å². The normalized spacial score (nSPS) is 12.8. The highest BCUT2D eigenvalue weighted by molar-refractivity contribution is 9.42. The number of halogens is 3. The molecular weight excluding hydrogens is 474 g/mol. The molecule has 1 aromatic heterocycles. The lowest BCUT2D eigenvalue weighted by atomic mass is 10.3. The molecular formula is C9H6Br3NO3S2. The molecule has 1 heterocycles. The molecule has 18 heavy (non-hydrogen) atoms. The fourth-order valence-electron chi connectivity index (χ4n) is 1.11. The van der Waals surface area contributed by atoms with Crippen molar-refractivity contribution in [2.24, 2.45) is 0 Å². The second-order valence-corrected chi connectivity index (χ2v) is 14.7. The summed E-state index contributed by atoms with van der Waals surface area (Å²) in [6.07, 6.45) is 0. The molecule has 2 rings (SSSR count). The van der Waals surface area contributed by atoms with Crippen LogP contribution in [0.3, 0.4) is 0 Å². The van der Waals surface area contributed by atoms with Crippen LogP contribution in [0.2, 0.25) is 0 Å². The van der Waals surface area contributed by atoms with Crippen molar-refractivity contribution in [2.45, 2.75) is 1.47 Å². The lowest BCUT2D eigenvalue weighted by Gasteiger charge is -2.12. The zero-order chi connectivity index (χ0) is 13.4. The molecule has 0 unspecified atom stereocenters. The van der Waals surface area contributed by atoms with Crippen LogP contribution in [0.25, 0.3) is 10.2 Å². The van der Waals surface area contributed by atoms with E-state index in [1.807, 2.05) is 24.3 Å². The van der Waals surface area contributed by atoms with E-state index in [-0.39, 0.29) is 0 Å². The Morgan fingerprint density at radius 3 is 2.56 bits per heavy atom. The van der Waals surface area contributed by atoms with Gasteiger partial charge in [-0.3, -0.25) is 0 Å². The summed E-state index contributed by atoms with van der Waals surface area (Å²) >= 11 is 10.2. The molecule has 0 aliphatic rings. The summed E-state index contributed by atoms with van der Waals surface area (Å²) in [5.74, 6) is -0.478. The molecule has 0 aliphatic carbocycles. The number of hydrogen-bond acceptors (Lipinski definition) is 5. The standard InChI is InChI=1S/C9H6Br3NO3S2/c10-9(11,12)18(14,15)5-16-8-13-6-3-1-2-4-7(6)17-8/h1-4H,5H2. The Hall–Kier alpha value is 0.300. The highest BCUT2D eigenvalue weighted by Gasteiger charge is 2.36. The largest absolute Gasteiger partial charge is 0.453 e. The molecule has 0 saturated heterocycles. The number of sulfone groups is 1. The molecule has 9 heteroatoms. The molecule has 0 fully saturated rings. The van der Waals surface area contributed by atoms with Gasteiger partial charge in [-0.05, 0) is 59.9 Å². The lowest BCUT2D eigenvalue weighted by molar-refractivity contribution is 0.376. The molecule has 0 bridgehead atoms. The van der Waals surface area contributed by atoms with Crippen molar-refractivity contribution in [3.63, 3.8) is 0 Å². The zero-order valence-corrected chi connectivity index (χ0v) is 15.0. The summed E-state index contributed by atoms with van der Waals surface area (Å²) in [7, 11) is -3.54. The van der Waals surface area contributed by atoms with E-state index in [0.717, 1.165) is 10.2 Å². The first-order chi connectivity index (χ1) is 8.29. The second-order valence-electron chi connectivity index (χ2n) is 3.27. The van der Waals surface area contributed by atoms with Gasteiger partial charge >= 0.3 is 0 Å². The first kappa shape index (κ1) is 14.7. The van der Waals surface area contributed by atoms with Crippen LogP contribution in [0.15, 0.2) is 24.3 Å². The fraction of sp³-hybridized carbons (Fsp3) is 0.222. The van der Waals surface area contributed by atoms with E-state index in [2.05, 4.69) is 52.8 Å². The highest BCUT2D eigenvalue weighted by Crippen LogP contribution is 2.40. The minimum atomic E-state index is -3.54. The Kier molecular flexibility index (Phi) is 4.37. The van der Waals surface area contributed by atoms with Crippen molar-refractivity contribution in [1.82, 2.24) is 4.98 Å². The maximum Gasteiger partial charge on any atom is 0.275 e. The Labute approximate surface area is 133 Å². The van der Waals surface area contributed by atoms with E-state index >= 15 is 0 Å². The molecule has 4 nitrogen and oxygen atoms in total. The van der Waals surface area contributed by atoms with Gasteiger partial charge in [0.05, 0.1) is 10.2 Å². The third-order valence-electron chi connectivity index (χ3n) is 1.96. The van der Waals surface area contributed by atoms with Crippen LogP contribution in [0, 0.1) is 0 Å². The minimum Gasteiger partial charge on any atom is -0.453 e. The van der Waals surface area contributed by atoms with Gasteiger partial charge in [0.15, 0.2) is 5.94 Å². The summed E-state index contributed by atoms with van der Waals surface area (Å²) in [4.78, 5) is 4.18. The van der Waals surface area contributed by atoms with Crippen molar-refractivity contribution < 1.29 is 13.2 Å². The number of para-hydroxylation sites is 1. The van der Waals surface area contributed by atoms with E-state index in [1.54, 1.807) is 0 Å². The second kappa shape index (κ2) is 5.35. The summed E-state index contributed by atoms with van der Waals surface area (Å²) in [6, 6.07) is 7.50. The van der Waals surface area contributed by atoms with Crippen molar-refractivity contribution in [3.8, 4) is 5.19 Å². The van der Waals surface area contributed by atoms with Crippen LogP contribution >= 0.6 is 59.1 Å². The predicted octanol–water partition coefficient (Wildman–Crippen LogP) is 3.84. The fourth-order valence-corrected chi connectivity index (χ4v) is 3.24. The average Bonchev–Trinajstić information content (AvgIpc) is 2.67. The van der Waals surface area contributed by atoms with Crippen LogP contribution in [0.1, 0.15) is 0 Å². The molecule has 0 aliphatic heterocycles. The quantitative estimate of drug-likeness (QED) is 0.627. The van der Waals surface area contributed by atoms with Crippen LogP contribution in [-0.2, 0) is 9.84 Å². The maximum atomic E-state index is 11.8. The van der Waals surface area contributed by atoms with Crippen molar-refractivity contribution >= 4 is 79.2 Å². The van der Waals surface area contributed by atoms with Gasteiger partial charge in [-0.1, -0.05) is 23.5 Å². The predicted molar refractivity (Wildman–Crippen MR) is 83.5 cm³/mol. The molecule has 1 aromatic carbocycles. The van der Waals surface area contributed by atoms with Gasteiger partial charge in [-0.25, -0.2) is 13.4 Å². The molecule has 0 spiro atoms. The van der Waals surface area contributed by atoms with Gasteiger partial charge in [0.25, 0.3) is 5.19 Å². The summed E-state index contributed by atoms with van der Waals surface area (Å²) in [5, 5.41) is 0.330. The van der Waals surface area contributed by atoms with Crippen LogP contribution in [0.4, 0.5) is 0 Å². The smallest absolute Gasteiger partial charge is 0.275 e. The van der Waals surface area contributed by atoms with Gasteiger partial charge in [-0.2, -0.15) is 0 Å². The van der Waals surface area contributed by atoms with Gasteiger partial charge in [0, 0.05) is 0 Å². The van der Waals surface area contributed by atoms with E-state index < -0.39 is 17.3 Å². The third-order valence-corrected chi connectivity index (χ3v) is 8.49. The number of rotatable bonds is 3.